The van der Waals surface area contributed by atoms with Crippen molar-refractivity contribution in [2.45, 2.75) is 69.0 Å². The van der Waals surface area contributed by atoms with E-state index in [-0.39, 0.29) is 63.6 Å². The number of nitriles is 1. The van der Waals surface area contributed by atoms with Crippen LogP contribution in [0.3, 0.4) is 0 Å². The minimum absolute atomic E-state index is 0. The maximum atomic E-state index is 15.8. The molecule has 4 aromatic rings. The summed E-state index contributed by atoms with van der Waals surface area (Å²) in [6, 6.07) is 4.50. The molecule has 4 N–H and O–H groups in total. The summed E-state index contributed by atoms with van der Waals surface area (Å²) in [6.07, 6.45) is 5.36. The smallest absolute Gasteiger partial charge is 0.466 e. The topological polar surface area (TPSA) is 157 Å². The Balaban J connectivity index is 0.00000169. The Hall–Kier alpha value is -3.11. The van der Waals surface area contributed by atoms with Gasteiger partial charge in [-0.2, -0.15) is 13.9 Å². The number of nitrogens with two attached hydrogens (primary N) is 1. The summed E-state index contributed by atoms with van der Waals surface area (Å²) >= 11 is 5.99. The molecular weight excluding hydrogens is 724 g/mol. The molecule has 51 heavy (non-hydrogen) atoms. The number of halogens is 5. The van der Waals surface area contributed by atoms with E-state index in [4.69, 9.17) is 27.3 Å². The Bertz CT molecular complexity index is 1980. The first-order chi connectivity index (χ1) is 23.7. The van der Waals surface area contributed by atoms with Crippen molar-refractivity contribution in [1.82, 2.24) is 20.1 Å². The van der Waals surface area contributed by atoms with Gasteiger partial charge in [-0.05, 0) is 69.2 Å². The number of benzene rings is 2. The first-order valence-corrected chi connectivity index (χ1v) is 17.3. The number of fused-ring (bicyclic) bond motifs is 1. The molecule has 0 bridgehead atoms. The van der Waals surface area contributed by atoms with Gasteiger partial charge in [0.25, 0.3) is 10.0 Å². The van der Waals surface area contributed by atoms with Crippen LogP contribution in [-0.2, 0) is 14.8 Å². The second-order valence-electron chi connectivity index (χ2n) is 11.7. The average Bonchev–Trinajstić information content (AvgIpc) is 3.46. The van der Waals surface area contributed by atoms with Crippen LogP contribution in [0, 0.1) is 22.9 Å². The maximum Gasteiger partial charge on any atom is 1.00 e. The molecule has 1 aliphatic carbocycles. The Morgan fingerprint density at radius 1 is 1.16 bits per heavy atom. The number of alkyl halides is 2. The Morgan fingerprint density at radius 2 is 1.82 bits per heavy atom. The second-order valence-corrected chi connectivity index (χ2v) is 13.8. The first kappa shape index (κ1) is 42.3. The minimum atomic E-state index is -4.67. The molecule has 0 atom stereocenters. The van der Waals surface area contributed by atoms with Crippen molar-refractivity contribution in [1.29, 1.82) is 5.26 Å². The molecule has 1 aliphatic rings. The van der Waals surface area contributed by atoms with Gasteiger partial charge >= 0.3 is 36.2 Å². The van der Waals surface area contributed by atoms with Crippen LogP contribution in [-0.4, -0.2) is 63.9 Å². The molecule has 5 rings (SSSR count). The van der Waals surface area contributed by atoms with Gasteiger partial charge in [0.2, 0.25) is 0 Å². The molecule has 0 unspecified atom stereocenters. The summed E-state index contributed by atoms with van der Waals surface area (Å²) in [5, 5.41) is 15.3. The molecule has 0 saturated heterocycles. The van der Waals surface area contributed by atoms with E-state index in [2.05, 4.69) is 28.0 Å². The van der Waals surface area contributed by atoms with Crippen molar-refractivity contribution >= 4 is 51.9 Å². The Kier molecular flexibility index (Phi) is 15.4. The predicted molar refractivity (Wildman–Crippen MR) is 183 cm³/mol. The number of rotatable bonds is 12. The van der Waals surface area contributed by atoms with Gasteiger partial charge in [0.1, 0.15) is 33.8 Å². The number of pyridine rings is 1. The van der Waals surface area contributed by atoms with Crippen LogP contribution < -0.4 is 50.1 Å². The van der Waals surface area contributed by atoms with Gasteiger partial charge in [-0.15, -0.1) is 0 Å². The van der Waals surface area contributed by atoms with Crippen LogP contribution in [0.2, 0.25) is 5.02 Å². The molecule has 3 radical (unpaired) electrons. The molecule has 2 aromatic heterocycles. The number of hydrogen-bond acceptors (Lipinski definition) is 9. The van der Waals surface area contributed by atoms with Crippen molar-refractivity contribution in [3.8, 4) is 23.0 Å². The summed E-state index contributed by atoms with van der Waals surface area (Å²) in [6.45, 7) is 1.99. The van der Waals surface area contributed by atoms with E-state index in [1.54, 1.807) is 18.0 Å². The molecule has 0 amide bonds. The molecule has 267 valence electrons. The van der Waals surface area contributed by atoms with Gasteiger partial charge in [-0.1, -0.05) is 11.6 Å². The maximum absolute atomic E-state index is 15.8. The standard InChI is InChI=1S/C31H35ClF4N6O4S.CBN.Na/c1-16(2)42-29-21(17-4-6-18(7-5-17)38-10-11-45-3)15-39-30(37)27(29)28(40-42)20-13-24(34)25(14-23(20)33)41-47(43,44)26-12-19(46-31(35)36)8-9-22(26)32;2-1-3;/h8-9,12-18,31,38,41H,4-7,10-11H2,1-3H3,(H2,37,39);;/q;-1;+1. The molecule has 11 nitrogen and oxygen atoms in total. The molecule has 1 saturated carbocycles. The first-order valence-electron chi connectivity index (χ1n) is 15.5. The van der Waals surface area contributed by atoms with Gasteiger partial charge in [-0.3, -0.25) is 20.6 Å². The van der Waals surface area contributed by atoms with Crippen LogP contribution in [0.25, 0.3) is 22.2 Å². The van der Waals surface area contributed by atoms with E-state index in [1.807, 2.05) is 18.6 Å². The monoisotopic (exact) mass is 758 g/mol. The van der Waals surface area contributed by atoms with Crippen LogP contribution in [0.4, 0.5) is 29.1 Å². The van der Waals surface area contributed by atoms with E-state index in [9.17, 15) is 17.2 Å². The van der Waals surface area contributed by atoms with Gasteiger partial charge in [-0.25, -0.2) is 22.2 Å². The number of sulfonamides is 1. The molecule has 0 aliphatic heterocycles. The van der Waals surface area contributed by atoms with Crippen molar-refractivity contribution in [2.24, 2.45) is 0 Å². The van der Waals surface area contributed by atoms with E-state index < -0.39 is 44.6 Å². The number of nitrogens with zero attached hydrogens (tertiary/aromatic N) is 4. The quantitative estimate of drug-likeness (QED) is 0.112. The van der Waals surface area contributed by atoms with E-state index in [0.717, 1.165) is 62.1 Å². The molecule has 1 fully saturated rings. The number of ether oxygens (including phenoxy) is 2. The summed E-state index contributed by atoms with van der Waals surface area (Å²) in [4.78, 5) is 3.75. The van der Waals surface area contributed by atoms with Crippen molar-refractivity contribution in [3.05, 3.63) is 58.7 Å². The summed E-state index contributed by atoms with van der Waals surface area (Å²) < 4.78 is 95.9. The Morgan fingerprint density at radius 3 is 2.43 bits per heavy atom. The van der Waals surface area contributed by atoms with E-state index >= 15 is 8.78 Å². The molecule has 19 heteroatoms. The van der Waals surface area contributed by atoms with Crippen LogP contribution in [0.1, 0.15) is 57.1 Å². The number of methoxy groups -OCH3 is 1. The van der Waals surface area contributed by atoms with Gasteiger partial charge < -0.3 is 28.4 Å². The Labute approximate surface area is 322 Å². The third-order valence-corrected chi connectivity index (χ3v) is 10.00. The summed E-state index contributed by atoms with van der Waals surface area (Å²) in [5.41, 5.74) is 7.02. The SMILES string of the molecule is COCCNC1CCC(c2cnc(N)c3c(-c4cc(F)c(NS(=O)(=O)c5cc(OC(F)F)ccc5Cl)cc4F)nn(C(C)C)c23)CC1.[B-]C#N.[Na+]. The average molecular weight is 759 g/mol. The second kappa shape index (κ2) is 18.6. The fourth-order valence-electron chi connectivity index (χ4n) is 5.93. The van der Waals surface area contributed by atoms with Gasteiger partial charge in [0.15, 0.2) is 0 Å². The van der Waals surface area contributed by atoms with Crippen molar-refractivity contribution in [2.75, 3.05) is 30.7 Å². The fraction of sp³-hybridized carbons (Fsp3) is 0.406. The fourth-order valence-corrected chi connectivity index (χ4v) is 7.50. The zero-order chi connectivity index (χ0) is 36.7. The van der Waals surface area contributed by atoms with Crippen molar-refractivity contribution < 1.29 is 65.0 Å². The number of nitrogen functional groups attached to an aromatic ring is 1. The predicted octanol–water partition coefficient (Wildman–Crippen LogP) is 3.50. The molecular formula is C32H35BClF4N7NaO4S. The molecule has 0 spiro atoms. The largest absolute Gasteiger partial charge is 1.00 e. The number of anilines is 2. The van der Waals surface area contributed by atoms with Crippen LogP contribution in [0.15, 0.2) is 41.4 Å². The van der Waals surface area contributed by atoms with Crippen LogP contribution >= 0.6 is 11.6 Å². The third-order valence-electron chi connectivity index (χ3n) is 8.15. The van der Waals surface area contributed by atoms with Gasteiger partial charge in [0.05, 0.1) is 28.2 Å². The normalized spacial score (nSPS) is 16.0. The number of hydrogen-bond donors (Lipinski definition) is 3. The zero-order valence-corrected chi connectivity index (χ0v) is 32.0. The molecule has 2 heterocycles. The number of aromatic nitrogens is 3. The zero-order valence-electron chi connectivity index (χ0n) is 28.4. The van der Waals surface area contributed by atoms with Crippen LogP contribution in [0.5, 0.6) is 5.75 Å². The third kappa shape index (κ3) is 10.1. The van der Waals surface area contributed by atoms with E-state index in [0.29, 0.717) is 29.6 Å². The van der Waals surface area contributed by atoms with Crippen molar-refractivity contribution in [3.63, 3.8) is 0 Å². The van der Waals surface area contributed by atoms with Gasteiger partial charge in [0, 0.05) is 49.6 Å². The molecule has 2 aromatic carbocycles. The number of nitrogens with one attached hydrogen (secondary N) is 2. The summed E-state index contributed by atoms with van der Waals surface area (Å²) in [5.74, 6) is -1.13. The van der Waals surface area contributed by atoms with E-state index in [1.165, 1.54) is 5.97 Å². The minimum Gasteiger partial charge on any atom is -0.466 e. The summed E-state index contributed by atoms with van der Waals surface area (Å²) in [7, 11) is 1.15.